The van der Waals surface area contributed by atoms with E-state index in [4.69, 9.17) is 0 Å². The fourth-order valence-electron chi connectivity index (χ4n) is 5.09. The summed E-state index contributed by atoms with van der Waals surface area (Å²) in [5.41, 5.74) is 12.1. The molecule has 2 nitrogen and oxygen atoms in total. The van der Waals surface area contributed by atoms with Gasteiger partial charge >= 0.3 is 0 Å². The van der Waals surface area contributed by atoms with E-state index >= 15 is 0 Å². The van der Waals surface area contributed by atoms with Crippen LogP contribution in [0.1, 0.15) is 128 Å². The Labute approximate surface area is 209 Å². The molecule has 1 aliphatic carbocycles. The van der Waals surface area contributed by atoms with Gasteiger partial charge in [0.2, 0.25) is 0 Å². The van der Waals surface area contributed by atoms with Crippen LogP contribution in [-0.2, 0) is 0 Å². The first-order valence-electron chi connectivity index (χ1n) is 13.3. The molecule has 184 valence electrons. The highest BCUT2D eigenvalue weighted by molar-refractivity contribution is 5.68. The van der Waals surface area contributed by atoms with Crippen molar-refractivity contribution in [3.05, 3.63) is 81.7 Å². The second kappa shape index (κ2) is 11.3. The van der Waals surface area contributed by atoms with Crippen molar-refractivity contribution in [2.24, 2.45) is 0 Å². The van der Waals surface area contributed by atoms with Gasteiger partial charge in [-0.1, -0.05) is 97.9 Å². The quantitative estimate of drug-likeness (QED) is 0.411. The summed E-state index contributed by atoms with van der Waals surface area (Å²) in [6.07, 6.45) is 5.83. The summed E-state index contributed by atoms with van der Waals surface area (Å²) in [5.74, 6) is 1.90. The number of hydrogen-bond donors (Lipinski definition) is 2. The van der Waals surface area contributed by atoms with Crippen molar-refractivity contribution in [1.82, 2.24) is 0 Å². The van der Waals surface area contributed by atoms with Gasteiger partial charge in [-0.3, -0.25) is 0 Å². The van der Waals surface area contributed by atoms with Crippen molar-refractivity contribution >= 4 is 11.4 Å². The minimum Gasteiger partial charge on any atom is -0.358 e. The zero-order chi connectivity index (χ0) is 25.0. The molecule has 2 N–H and O–H groups in total. The van der Waals surface area contributed by atoms with Crippen molar-refractivity contribution in [3.8, 4) is 0 Å². The zero-order valence-electron chi connectivity index (χ0n) is 23.0. The van der Waals surface area contributed by atoms with E-state index < -0.39 is 0 Å². The van der Waals surface area contributed by atoms with E-state index in [1.54, 1.807) is 0 Å². The van der Waals surface area contributed by atoms with E-state index in [0.29, 0.717) is 23.7 Å². The van der Waals surface area contributed by atoms with Gasteiger partial charge in [-0.05, 0) is 77.7 Å². The lowest BCUT2D eigenvalue weighted by Crippen LogP contribution is -2.15. The molecule has 0 spiro atoms. The van der Waals surface area contributed by atoms with Crippen LogP contribution in [0, 0.1) is 0 Å². The van der Waals surface area contributed by atoms with Gasteiger partial charge in [-0.15, -0.1) is 0 Å². The predicted molar refractivity (Wildman–Crippen MR) is 151 cm³/mol. The maximum atomic E-state index is 3.94. The van der Waals surface area contributed by atoms with Crippen molar-refractivity contribution < 1.29 is 0 Å². The van der Waals surface area contributed by atoms with E-state index in [2.05, 4.69) is 115 Å². The molecular formula is C32H46N2. The monoisotopic (exact) mass is 458 g/mol. The average molecular weight is 459 g/mol. The first-order valence-corrected chi connectivity index (χ1v) is 13.3. The number of anilines is 2. The molecule has 2 heteroatoms. The molecule has 3 rings (SSSR count). The van der Waals surface area contributed by atoms with Crippen LogP contribution in [0.5, 0.6) is 0 Å². The van der Waals surface area contributed by atoms with Crippen LogP contribution in [0.4, 0.5) is 11.4 Å². The van der Waals surface area contributed by atoms with E-state index in [1.807, 2.05) is 0 Å². The second-order valence-corrected chi connectivity index (χ2v) is 11.1. The maximum Gasteiger partial charge on any atom is 0.0454 e. The van der Waals surface area contributed by atoms with Crippen molar-refractivity contribution in [2.75, 3.05) is 10.6 Å². The average Bonchev–Trinajstić information content (AvgIpc) is 2.79. The highest BCUT2D eigenvalue weighted by atomic mass is 14.9. The molecule has 0 heterocycles. The van der Waals surface area contributed by atoms with E-state index in [-0.39, 0.29) is 0 Å². The number of para-hydroxylation sites is 2. The number of rotatable bonds is 8. The molecule has 0 aliphatic heterocycles. The second-order valence-electron chi connectivity index (χ2n) is 11.1. The van der Waals surface area contributed by atoms with Crippen LogP contribution in [0.25, 0.3) is 0 Å². The fourth-order valence-corrected chi connectivity index (χ4v) is 5.09. The fraction of sp³-hybridized carbons (Fsp3) is 0.500. The Morgan fingerprint density at radius 3 is 1.56 bits per heavy atom. The Morgan fingerprint density at radius 1 is 0.676 bits per heavy atom. The minimum absolute atomic E-state index is 0.476. The van der Waals surface area contributed by atoms with Crippen LogP contribution in [0.2, 0.25) is 0 Å². The Kier molecular flexibility index (Phi) is 8.68. The largest absolute Gasteiger partial charge is 0.358 e. The lowest BCUT2D eigenvalue weighted by atomic mass is 9.90. The molecule has 0 atom stereocenters. The van der Waals surface area contributed by atoms with Crippen LogP contribution in [-0.4, -0.2) is 0 Å². The van der Waals surface area contributed by atoms with Gasteiger partial charge in [0.05, 0.1) is 0 Å². The van der Waals surface area contributed by atoms with Gasteiger partial charge in [0.1, 0.15) is 0 Å². The number of nitrogens with one attached hydrogen (secondary N) is 2. The molecule has 2 aromatic rings. The van der Waals surface area contributed by atoms with E-state index in [9.17, 15) is 0 Å². The standard InChI is InChI=1S/C32H46N2/c1-20(2)25-15-12-16-26(21(3)4)31(25)33-24(9)29-14-10-11-19-30(29)34-32-27(22(5)6)17-13-18-28(32)23(7)8/h12-13,15-23,33-34H,10-11,14H2,1-9H3/b29-24-. The smallest absolute Gasteiger partial charge is 0.0454 e. The van der Waals surface area contributed by atoms with Crippen LogP contribution in [0.15, 0.2) is 59.4 Å². The summed E-state index contributed by atoms with van der Waals surface area (Å²) in [6.45, 7) is 20.6. The SMILES string of the molecule is C/C(Nc1c(C(C)C)cccc1C(C)C)=C1\CCCC=C1Nc1c(C(C)C)cccc1C(C)C. The van der Waals surface area contributed by atoms with Gasteiger partial charge in [0.15, 0.2) is 0 Å². The van der Waals surface area contributed by atoms with Gasteiger partial charge in [-0.25, -0.2) is 0 Å². The summed E-state index contributed by atoms with van der Waals surface area (Å²) in [4.78, 5) is 0. The first kappa shape index (κ1) is 26.1. The third kappa shape index (κ3) is 5.77. The summed E-state index contributed by atoms with van der Waals surface area (Å²) < 4.78 is 0. The van der Waals surface area contributed by atoms with Gasteiger partial charge in [0, 0.05) is 22.8 Å². The summed E-state index contributed by atoms with van der Waals surface area (Å²) >= 11 is 0. The van der Waals surface area contributed by atoms with Crippen molar-refractivity contribution in [2.45, 2.75) is 105 Å². The minimum atomic E-state index is 0.476. The van der Waals surface area contributed by atoms with E-state index in [1.165, 1.54) is 57.0 Å². The molecule has 2 aromatic carbocycles. The number of hydrogen-bond acceptors (Lipinski definition) is 2. The molecule has 0 fully saturated rings. The normalized spacial score (nSPS) is 15.9. The van der Waals surface area contributed by atoms with Crippen molar-refractivity contribution in [1.29, 1.82) is 0 Å². The molecule has 0 unspecified atom stereocenters. The maximum absolute atomic E-state index is 3.94. The van der Waals surface area contributed by atoms with Crippen LogP contribution in [0.3, 0.4) is 0 Å². The lowest BCUT2D eigenvalue weighted by molar-refractivity contribution is 0.789. The Hall–Kier alpha value is -2.48. The molecule has 0 bridgehead atoms. The molecule has 1 aliphatic rings. The van der Waals surface area contributed by atoms with E-state index in [0.717, 1.165) is 12.8 Å². The van der Waals surface area contributed by atoms with Crippen LogP contribution >= 0.6 is 0 Å². The Morgan fingerprint density at radius 2 is 1.12 bits per heavy atom. The predicted octanol–water partition coefficient (Wildman–Crippen LogP) is 10.0. The lowest BCUT2D eigenvalue weighted by Gasteiger charge is -2.28. The molecule has 0 aromatic heterocycles. The topological polar surface area (TPSA) is 24.1 Å². The Bertz CT molecular complexity index is 998. The molecule has 0 radical (unpaired) electrons. The van der Waals surface area contributed by atoms with Gasteiger partial charge in [-0.2, -0.15) is 0 Å². The van der Waals surface area contributed by atoms with Crippen LogP contribution < -0.4 is 10.6 Å². The highest BCUT2D eigenvalue weighted by Gasteiger charge is 2.20. The molecule has 34 heavy (non-hydrogen) atoms. The third-order valence-electron chi connectivity index (χ3n) is 7.08. The molecular weight excluding hydrogens is 412 g/mol. The van der Waals surface area contributed by atoms with Crippen molar-refractivity contribution in [3.63, 3.8) is 0 Å². The molecule has 0 saturated carbocycles. The summed E-state index contributed by atoms with van der Waals surface area (Å²) in [7, 11) is 0. The third-order valence-corrected chi connectivity index (χ3v) is 7.08. The van der Waals surface area contributed by atoms with Gasteiger partial charge in [0.25, 0.3) is 0 Å². The number of benzene rings is 2. The molecule has 0 amide bonds. The summed E-state index contributed by atoms with van der Waals surface area (Å²) in [5, 5.41) is 7.84. The first-order chi connectivity index (χ1) is 16.1. The summed E-state index contributed by atoms with van der Waals surface area (Å²) in [6, 6.07) is 13.5. The highest BCUT2D eigenvalue weighted by Crippen LogP contribution is 2.38. The zero-order valence-corrected chi connectivity index (χ0v) is 23.0. The molecule has 0 saturated heterocycles. The van der Waals surface area contributed by atoms with Gasteiger partial charge < -0.3 is 10.6 Å². The Balaban J connectivity index is 2.05. The number of allylic oxidation sites excluding steroid dienone is 3.